The number of piperazine rings is 1. The number of carbonyl (C=O) groups excluding carboxylic acids is 2. The number of nitrogens with one attached hydrogen (secondary N) is 1. The number of likely N-dealkylation sites (tertiary alicyclic amines) is 1. The fraction of sp³-hybridized carbons (Fsp3) is 0.867. The summed E-state index contributed by atoms with van der Waals surface area (Å²) < 4.78 is 0. The van der Waals surface area contributed by atoms with Crippen LogP contribution < -0.4 is 5.32 Å². The summed E-state index contributed by atoms with van der Waals surface area (Å²) >= 11 is 0. The molecule has 114 valence electrons. The van der Waals surface area contributed by atoms with Crippen LogP contribution in [0.15, 0.2) is 0 Å². The average Bonchev–Trinajstić information content (AvgIpc) is 2.84. The third kappa shape index (κ3) is 2.97. The van der Waals surface area contributed by atoms with Crippen molar-refractivity contribution in [3.05, 3.63) is 0 Å². The molecule has 2 aliphatic heterocycles. The molecule has 0 radical (unpaired) electrons. The van der Waals surface area contributed by atoms with Crippen LogP contribution in [0.25, 0.3) is 0 Å². The van der Waals surface area contributed by atoms with Gasteiger partial charge >= 0.3 is 0 Å². The number of nitrogens with zero attached hydrogens (tertiary/aromatic N) is 2. The smallest absolute Gasteiger partial charge is 0.248 e. The van der Waals surface area contributed by atoms with Crippen molar-refractivity contribution >= 4 is 11.8 Å². The van der Waals surface area contributed by atoms with Crippen molar-refractivity contribution in [3.8, 4) is 0 Å². The van der Waals surface area contributed by atoms with Crippen LogP contribution in [0.1, 0.15) is 40.5 Å². The Morgan fingerprint density at radius 1 is 1.40 bits per heavy atom. The molecule has 2 amide bonds. The first-order valence-corrected chi connectivity index (χ1v) is 7.70. The molecule has 2 saturated heterocycles. The van der Waals surface area contributed by atoms with Gasteiger partial charge in [0.2, 0.25) is 11.8 Å². The minimum Gasteiger partial charge on any atom is -0.340 e. The van der Waals surface area contributed by atoms with E-state index in [1.165, 1.54) is 0 Å². The molecule has 2 unspecified atom stereocenters. The first-order valence-electron chi connectivity index (χ1n) is 7.70. The standard InChI is InChI=1S/C15H27N3O2/c1-5-15(4)14(20)18(10-13(19)16-15)9-12-6-7-17(8-12)11(2)3/h11-12H,5-10H2,1-4H3,(H,16,19). The van der Waals surface area contributed by atoms with Crippen LogP contribution in [0.3, 0.4) is 0 Å². The number of hydrogen-bond donors (Lipinski definition) is 1. The van der Waals surface area contributed by atoms with Crippen LogP contribution in [0, 0.1) is 5.92 Å². The molecule has 0 aromatic carbocycles. The van der Waals surface area contributed by atoms with Gasteiger partial charge in [-0.1, -0.05) is 6.92 Å². The highest BCUT2D eigenvalue weighted by Crippen LogP contribution is 2.23. The van der Waals surface area contributed by atoms with Crippen LogP contribution >= 0.6 is 0 Å². The van der Waals surface area contributed by atoms with Crippen LogP contribution in [0.2, 0.25) is 0 Å². The second-order valence-corrected chi connectivity index (χ2v) is 6.66. The Morgan fingerprint density at radius 2 is 2.10 bits per heavy atom. The van der Waals surface area contributed by atoms with Gasteiger partial charge in [-0.2, -0.15) is 0 Å². The summed E-state index contributed by atoms with van der Waals surface area (Å²) in [5, 5.41) is 2.83. The fourth-order valence-corrected chi connectivity index (χ4v) is 3.17. The molecule has 0 aliphatic carbocycles. The molecule has 2 atom stereocenters. The van der Waals surface area contributed by atoms with E-state index in [0.717, 1.165) is 19.5 Å². The summed E-state index contributed by atoms with van der Waals surface area (Å²) in [5.41, 5.74) is -0.717. The Hall–Kier alpha value is -1.10. The summed E-state index contributed by atoms with van der Waals surface area (Å²) in [7, 11) is 0. The van der Waals surface area contributed by atoms with Crippen molar-refractivity contribution < 1.29 is 9.59 Å². The largest absolute Gasteiger partial charge is 0.340 e. The summed E-state index contributed by atoms with van der Waals surface area (Å²) in [6.07, 6.45) is 1.75. The van der Waals surface area contributed by atoms with Gasteiger partial charge in [-0.3, -0.25) is 9.59 Å². The molecule has 2 heterocycles. The van der Waals surface area contributed by atoms with Crippen LogP contribution in [0.4, 0.5) is 0 Å². The third-order valence-electron chi connectivity index (χ3n) is 4.74. The van der Waals surface area contributed by atoms with Gasteiger partial charge in [0, 0.05) is 19.1 Å². The van der Waals surface area contributed by atoms with Crippen molar-refractivity contribution in [2.24, 2.45) is 5.92 Å². The Morgan fingerprint density at radius 3 is 2.65 bits per heavy atom. The predicted molar refractivity (Wildman–Crippen MR) is 78.2 cm³/mol. The zero-order valence-corrected chi connectivity index (χ0v) is 13.1. The molecule has 5 nitrogen and oxygen atoms in total. The molecule has 2 aliphatic rings. The maximum absolute atomic E-state index is 12.5. The lowest BCUT2D eigenvalue weighted by Crippen LogP contribution is -2.65. The minimum absolute atomic E-state index is 0.0346. The Kier molecular flexibility index (Phi) is 4.37. The molecule has 0 spiro atoms. The van der Waals surface area contributed by atoms with Crippen molar-refractivity contribution in [2.45, 2.75) is 52.1 Å². The van der Waals surface area contributed by atoms with E-state index in [2.05, 4.69) is 24.1 Å². The SMILES string of the molecule is CCC1(C)NC(=O)CN(CC2CCN(C(C)C)C2)C1=O. The molecule has 0 aromatic rings. The first-order chi connectivity index (χ1) is 9.35. The van der Waals surface area contributed by atoms with Gasteiger partial charge in [0.15, 0.2) is 0 Å². The number of rotatable bonds is 4. The molecule has 20 heavy (non-hydrogen) atoms. The molecule has 0 aromatic heterocycles. The Labute approximate surface area is 121 Å². The van der Waals surface area contributed by atoms with Gasteiger partial charge < -0.3 is 15.1 Å². The summed E-state index contributed by atoms with van der Waals surface area (Å²) in [6.45, 7) is 11.2. The fourth-order valence-electron chi connectivity index (χ4n) is 3.17. The Bertz CT molecular complexity index is 397. The van der Waals surface area contributed by atoms with Crippen molar-refractivity contribution in [1.82, 2.24) is 15.1 Å². The highest BCUT2D eigenvalue weighted by atomic mass is 16.2. The monoisotopic (exact) mass is 281 g/mol. The van der Waals surface area contributed by atoms with Gasteiger partial charge in [0.05, 0.1) is 6.54 Å². The van der Waals surface area contributed by atoms with Gasteiger partial charge in [0.1, 0.15) is 5.54 Å². The molecule has 2 fully saturated rings. The summed E-state index contributed by atoms with van der Waals surface area (Å²) in [4.78, 5) is 28.6. The van der Waals surface area contributed by atoms with Gasteiger partial charge in [-0.25, -0.2) is 0 Å². The molecule has 2 rings (SSSR count). The maximum atomic E-state index is 12.5. The quantitative estimate of drug-likeness (QED) is 0.831. The van der Waals surface area contributed by atoms with E-state index in [1.54, 1.807) is 4.90 Å². The molecule has 0 saturated carbocycles. The van der Waals surface area contributed by atoms with Crippen molar-refractivity contribution in [1.29, 1.82) is 0 Å². The van der Waals surface area contributed by atoms with E-state index in [9.17, 15) is 9.59 Å². The highest BCUT2D eigenvalue weighted by Gasteiger charge is 2.42. The number of amides is 2. The van der Waals surface area contributed by atoms with Gasteiger partial charge in [-0.15, -0.1) is 0 Å². The summed E-state index contributed by atoms with van der Waals surface area (Å²) in [6, 6.07) is 0.557. The lowest BCUT2D eigenvalue weighted by molar-refractivity contribution is -0.149. The molecular weight excluding hydrogens is 254 g/mol. The molecule has 0 bridgehead atoms. The topological polar surface area (TPSA) is 52.7 Å². The van der Waals surface area contributed by atoms with E-state index < -0.39 is 5.54 Å². The zero-order chi connectivity index (χ0) is 14.9. The van der Waals surface area contributed by atoms with Crippen LogP contribution in [0.5, 0.6) is 0 Å². The van der Waals surface area contributed by atoms with E-state index in [4.69, 9.17) is 0 Å². The predicted octanol–water partition coefficient (Wildman–Crippen LogP) is 0.844. The second kappa shape index (κ2) is 5.72. The molecule has 1 N–H and O–H groups in total. The average molecular weight is 281 g/mol. The maximum Gasteiger partial charge on any atom is 0.248 e. The van der Waals surface area contributed by atoms with E-state index in [1.807, 2.05) is 13.8 Å². The third-order valence-corrected chi connectivity index (χ3v) is 4.74. The van der Waals surface area contributed by atoms with Gasteiger partial charge in [-0.05, 0) is 46.1 Å². The first kappa shape index (κ1) is 15.3. The second-order valence-electron chi connectivity index (χ2n) is 6.66. The highest BCUT2D eigenvalue weighted by molar-refractivity contribution is 5.97. The van der Waals surface area contributed by atoms with Gasteiger partial charge in [0.25, 0.3) is 0 Å². The number of carbonyl (C=O) groups is 2. The normalized spacial score (nSPS) is 32.0. The van der Waals surface area contributed by atoms with E-state index >= 15 is 0 Å². The molecule has 5 heteroatoms. The molecular formula is C15H27N3O2. The number of hydrogen-bond acceptors (Lipinski definition) is 3. The summed E-state index contributed by atoms with van der Waals surface area (Å²) in [5.74, 6) is 0.531. The lowest BCUT2D eigenvalue weighted by atomic mass is 9.93. The van der Waals surface area contributed by atoms with E-state index in [0.29, 0.717) is 24.9 Å². The van der Waals surface area contributed by atoms with Crippen molar-refractivity contribution in [3.63, 3.8) is 0 Å². The van der Waals surface area contributed by atoms with Crippen molar-refractivity contribution in [2.75, 3.05) is 26.2 Å². The lowest BCUT2D eigenvalue weighted by Gasteiger charge is -2.40. The van der Waals surface area contributed by atoms with E-state index in [-0.39, 0.29) is 18.4 Å². The Balaban J connectivity index is 1.98. The zero-order valence-electron chi connectivity index (χ0n) is 13.1. The minimum atomic E-state index is -0.717. The van der Waals surface area contributed by atoms with Crippen LogP contribution in [-0.4, -0.2) is 59.4 Å². The van der Waals surface area contributed by atoms with Crippen LogP contribution in [-0.2, 0) is 9.59 Å².